The largest absolute Gasteiger partial charge is 0.507 e. The quantitative estimate of drug-likeness (QED) is 0.371. The van der Waals surface area contributed by atoms with E-state index in [0.29, 0.717) is 47.8 Å². The van der Waals surface area contributed by atoms with Crippen LogP contribution in [-0.2, 0) is 19.9 Å². The maximum Gasteiger partial charge on any atom is 0.296 e. The number of halogens is 1. The number of aliphatic hydroxyl groups excluding tert-OH is 1. The van der Waals surface area contributed by atoms with Crippen LogP contribution in [0.2, 0.25) is 5.02 Å². The van der Waals surface area contributed by atoms with Crippen molar-refractivity contribution in [2.24, 2.45) is 0 Å². The number of anilines is 1. The number of para-hydroxylation sites is 1. The summed E-state index contributed by atoms with van der Waals surface area (Å²) in [7, 11) is 3.84. The average Bonchev–Trinajstić information content (AvgIpc) is 3.18. The number of benzene rings is 2. The van der Waals surface area contributed by atoms with Crippen LogP contribution in [0.15, 0.2) is 54.1 Å². The minimum Gasteiger partial charge on any atom is -0.507 e. The molecule has 1 saturated heterocycles. The maximum absolute atomic E-state index is 14.2. The number of fused-ring (bicyclic) bond motifs is 2. The Labute approximate surface area is 204 Å². The predicted molar refractivity (Wildman–Crippen MR) is 132 cm³/mol. The molecule has 0 radical (unpaired) electrons. The minimum atomic E-state index is -1.71. The van der Waals surface area contributed by atoms with Crippen LogP contribution in [0.3, 0.4) is 0 Å². The number of ketones is 1. The summed E-state index contributed by atoms with van der Waals surface area (Å²) in [5.74, 6) is -2.42. The summed E-state index contributed by atoms with van der Waals surface area (Å²) in [6.45, 7) is 3.26. The maximum atomic E-state index is 14.2. The molecule has 0 aliphatic carbocycles. The molecule has 2 heterocycles. The van der Waals surface area contributed by atoms with Crippen LogP contribution < -0.4 is 4.90 Å². The normalized spacial score (nSPS) is 21.3. The highest BCUT2D eigenvalue weighted by Crippen LogP contribution is 2.53. The molecule has 178 valence electrons. The molecule has 0 bridgehead atoms. The van der Waals surface area contributed by atoms with Gasteiger partial charge in [-0.25, -0.2) is 0 Å². The topological polar surface area (TPSA) is 81.2 Å². The van der Waals surface area contributed by atoms with E-state index in [9.17, 15) is 19.5 Å². The van der Waals surface area contributed by atoms with Crippen LogP contribution in [0.25, 0.3) is 5.76 Å². The van der Waals surface area contributed by atoms with E-state index in [1.165, 1.54) is 4.90 Å². The van der Waals surface area contributed by atoms with Gasteiger partial charge in [0.2, 0.25) is 0 Å². The Balaban J connectivity index is 1.99. The van der Waals surface area contributed by atoms with E-state index in [2.05, 4.69) is 0 Å². The van der Waals surface area contributed by atoms with Crippen molar-refractivity contribution < 1.29 is 19.5 Å². The molecule has 2 amide bonds. The fourth-order valence-electron chi connectivity index (χ4n) is 4.91. The monoisotopic (exact) mass is 481 g/mol. The zero-order valence-corrected chi connectivity index (χ0v) is 20.3. The van der Waals surface area contributed by atoms with Gasteiger partial charge in [-0.15, -0.1) is 0 Å². The van der Waals surface area contributed by atoms with Gasteiger partial charge in [0.25, 0.3) is 17.6 Å². The fourth-order valence-corrected chi connectivity index (χ4v) is 5.04. The number of aliphatic hydroxyl groups is 1. The summed E-state index contributed by atoms with van der Waals surface area (Å²) in [4.78, 5) is 46.0. The smallest absolute Gasteiger partial charge is 0.296 e. The third-order valence-electron chi connectivity index (χ3n) is 6.36. The average molecular weight is 482 g/mol. The first kappa shape index (κ1) is 24.0. The summed E-state index contributed by atoms with van der Waals surface area (Å²) in [5, 5.41) is 11.8. The molecular weight excluding hydrogens is 454 g/mol. The zero-order chi connectivity index (χ0) is 24.6. The van der Waals surface area contributed by atoms with Gasteiger partial charge in [0.1, 0.15) is 5.76 Å². The molecule has 1 unspecified atom stereocenters. The summed E-state index contributed by atoms with van der Waals surface area (Å²) in [6, 6.07) is 13.5. The molecule has 4 rings (SSSR count). The zero-order valence-electron chi connectivity index (χ0n) is 19.5. The molecule has 1 N–H and O–H groups in total. The van der Waals surface area contributed by atoms with Crippen molar-refractivity contribution in [3.05, 3.63) is 70.3 Å². The number of hydrogen-bond acceptors (Lipinski definition) is 5. The molecule has 0 saturated carbocycles. The summed E-state index contributed by atoms with van der Waals surface area (Å²) < 4.78 is 0. The second kappa shape index (κ2) is 9.24. The van der Waals surface area contributed by atoms with Gasteiger partial charge in [-0.05, 0) is 63.8 Å². The number of rotatable bonds is 7. The number of carbonyl (C=O) groups is 3. The van der Waals surface area contributed by atoms with E-state index in [4.69, 9.17) is 11.6 Å². The lowest BCUT2D eigenvalue weighted by Gasteiger charge is -2.34. The van der Waals surface area contributed by atoms with Gasteiger partial charge >= 0.3 is 0 Å². The molecule has 7 nitrogen and oxygen atoms in total. The lowest BCUT2D eigenvalue weighted by Crippen LogP contribution is -2.52. The third kappa shape index (κ3) is 3.60. The van der Waals surface area contributed by atoms with Crippen molar-refractivity contribution in [2.45, 2.75) is 25.3 Å². The van der Waals surface area contributed by atoms with E-state index in [1.54, 1.807) is 41.3 Å². The van der Waals surface area contributed by atoms with Crippen LogP contribution >= 0.6 is 11.6 Å². The molecule has 2 aromatic rings. The molecule has 2 aliphatic rings. The Morgan fingerprint density at radius 2 is 1.71 bits per heavy atom. The summed E-state index contributed by atoms with van der Waals surface area (Å²) >= 11 is 6.01. The number of amides is 2. The molecule has 2 aromatic carbocycles. The van der Waals surface area contributed by atoms with Crippen LogP contribution in [0.4, 0.5) is 5.69 Å². The second-order valence-corrected chi connectivity index (χ2v) is 9.29. The Hall–Kier alpha value is -3.16. The van der Waals surface area contributed by atoms with Gasteiger partial charge in [0.05, 0.1) is 11.3 Å². The van der Waals surface area contributed by atoms with Gasteiger partial charge in [-0.3, -0.25) is 14.4 Å². The standard InChI is InChI=1S/C26H28ClN3O4/c1-4-14-29-20-9-6-5-8-19(20)26(25(29)34)21(22(31)17-10-12-18(27)13-11-17)23(32)24(33)30(26)16-7-15-28(2)3/h5-6,8-13,31H,4,7,14-16H2,1-3H3. The van der Waals surface area contributed by atoms with Crippen molar-refractivity contribution in [3.63, 3.8) is 0 Å². The van der Waals surface area contributed by atoms with Gasteiger partial charge in [-0.2, -0.15) is 0 Å². The Morgan fingerprint density at radius 3 is 2.35 bits per heavy atom. The van der Waals surface area contributed by atoms with Crippen LogP contribution in [0.5, 0.6) is 0 Å². The van der Waals surface area contributed by atoms with Crippen molar-refractivity contribution in [1.82, 2.24) is 9.80 Å². The molecule has 1 fully saturated rings. The van der Waals surface area contributed by atoms with E-state index in [-0.39, 0.29) is 17.9 Å². The number of likely N-dealkylation sites (tertiary alicyclic amines) is 1. The Morgan fingerprint density at radius 1 is 1.03 bits per heavy atom. The number of carbonyl (C=O) groups excluding carboxylic acids is 3. The highest BCUT2D eigenvalue weighted by atomic mass is 35.5. The minimum absolute atomic E-state index is 0.194. The highest BCUT2D eigenvalue weighted by Gasteiger charge is 2.66. The van der Waals surface area contributed by atoms with Crippen molar-refractivity contribution >= 4 is 40.6 Å². The lowest BCUT2D eigenvalue weighted by molar-refractivity contribution is -0.143. The van der Waals surface area contributed by atoms with Crippen LogP contribution in [0.1, 0.15) is 30.9 Å². The third-order valence-corrected chi connectivity index (χ3v) is 6.61. The SMILES string of the molecule is CCCN1C(=O)C2(C(=C(O)c3ccc(Cl)cc3)C(=O)C(=O)N2CCCN(C)C)c2ccccc21. The summed E-state index contributed by atoms with van der Waals surface area (Å²) in [5.41, 5.74) is -0.408. The van der Waals surface area contributed by atoms with Gasteiger partial charge in [-0.1, -0.05) is 36.7 Å². The second-order valence-electron chi connectivity index (χ2n) is 8.86. The fraction of sp³-hybridized carbons (Fsp3) is 0.346. The molecule has 2 aliphatic heterocycles. The van der Waals surface area contributed by atoms with E-state index in [1.807, 2.05) is 38.1 Å². The first-order valence-electron chi connectivity index (χ1n) is 11.4. The molecule has 1 spiro atoms. The number of hydrogen-bond donors (Lipinski definition) is 1. The molecule has 8 heteroatoms. The first-order chi connectivity index (χ1) is 16.2. The molecule has 34 heavy (non-hydrogen) atoms. The highest BCUT2D eigenvalue weighted by molar-refractivity contribution is 6.50. The summed E-state index contributed by atoms with van der Waals surface area (Å²) in [6.07, 6.45) is 1.26. The van der Waals surface area contributed by atoms with Crippen LogP contribution in [-0.4, -0.2) is 66.2 Å². The van der Waals surface area contributed by atoms with Crippen molar-refractivity contribution in [1.29, 1.82) is 0 Å². The first-order valence-corrected chi connectivity index (χ1v) is 11.7. The van der Waals surface area contributed by atoms with E-state index in [0.717, 1.165) is 0 Å². The molecule has 0 aromatic heterocycles. The lowest BCUT2D eigenvalue weighted by atomic mass is 9.82. The number of nitrogens with zero attached hydrogens (tertiary/aromatic N) is 3. The van der Waals surface area contributed by atoms with Crippen molar-refractivity contribution in [2.75, 3.05) is 38.6 Å². The number of Topliss-reactive ketones (excluding diaryl/α,β-unsaturated/α-hetero) is 1. The molecular formula is C26H28ClN3O4. The van der Waals surface area contributed by atoms with Gasteiger partial charge in [0, 0.05) is 29.2 Å². The van der Waals surface area contributed by atoms with E-state index < -0.39 is 23.1 Å². The van der Waals surface area contributed by atoms with E-state index >= 15 is 0 Å². The Kier molecular flexibility index (Phi) is 6.51. The van der Waals surface area contributed by atoms with Crippen molar-refractivity contribution in [3.8, 4) is 0 Å². The predicted octanol–water partition coefficient (Wildman–Crippen LogP) is 3.62. The van der Waals surface area contributed by atoms with Gasteiger partial charge in [0.15, 0.2) is 5.54 Å². The van der Waals surface area contributed by atoms with Crippen LogP contribution in [0, 0.1) is 0 Å². The van der Waals surface area contributed by atoms with Gasteiger partial charge < -0.3 is 19.8 Å². The Bertz CT molecular complexity index is 1170. The molecule has 1 atom stereocenters.